The second-order valence-corrected chi connectivity index (χ2v) is 4.36. The van der Waals surface area contributed by atoms with E-state index in [0.29, 0.717) is 10.6 Å². The van der Waals surface area contributed by atoms with Crippen LogP contribution in [-0.4, -0.2) is 11.6 Å². The van der Waals surface area contributed by atoms with Crippen molar-refractivity contribution < 1.29 is 16.3 Å². The summed E-state index contributed by atoms with van der Waals surface area (Å²) in [6, 6.07) is 8.97. The van der Waals surface area contributed by atoms with E-state index in [1.807, 2.05) is 0 Å². The molecule has 1 aromatic heterocycles. The Morgan fingerprint density at radius 1 is 1.37 bits per heavy atom. The van der Waals surface area contributed by atoms with Crippen molar-refractivity contribution in [3.63, 3.8) is 0 Å². The number of nitrogens with zero attached hydrogens (tertiary/aromatic N) is 1. The van der Waals surface area contributed by atoms with Crippen LogP contribution in [0.5, 0.6) is 5.75 Å². The van der Waals surface area contributed by atoms with Crippen LogP contribution in [0, 0.1) is 0 Å². The van der Waals surface area contributed by atoms with Gasteiger partial charge in [0.25, 0.3) is 0 Å². The minimum atomic E-state index is -3.00. The van der Waals surface area contributed by atoms with Gasteiger partial charge in [-0.2, -0.15) is 8.78 Å². The third-order valence-corrected chi connectivity index (χ3v) is 2.91. The molecule has 2 nitrogen and oxygen atoms in total. The van der Waals surface area contributed by atoms with Gasteiger partial charge in [0.2, 0.25) is 0 Å². The number of ether oxygens (including phenoxy) is 1. The first-order valence-electron chi connectivity index (χ1n) is 6.18. The van der Waals surface area contributed by atoms with Gasteiger partial charge in [0.15, 0.2) is 5.75 Å². The molecule has 0 saturated heterocycles. The fraction of sp³-hybridized carbons (Fsp3) is 0.154. The Bertz CT molecular complexity index is 652. The molecule has 19 heavy (non-hydrogen) atoms. The number of benzene rings is 1. The van der Waals surface area contributed by atoms with Crippen LogP contribution in [0.4, 0.5) is 8.78 Å². The van der Waals surface area contributed by atoms with E-state index in [-0.39, 0.29) is 17.1 Å². The van der Waals surface area contributed by atoms with Gasteiger partial charge in [-0.15, -0.1) is 0 Å². The fourth-order valence-corrected chi connectivity index (χ4v) is 1.94. The number of halogens is 4. The highest BCUT2D eigenvalue weighted by molar-refractivity contribution is 9.08. The van der Waals surface area contributed by atoms with Gasteiger partial charge in [-0.3, -0.25) is 0 Å². The van der Waals surface area contributed by atoms with Crippen molar-refractivity contribution in [2.24, 2.45) is 0 Å². The highest BCUT2D eigenvalue weighted by Crippen LogP contribution is 2.31. The number of rotatable bonds is 4. The monoisotopic (exact) mass is 349 g/mol. The van der Waals surface area contributed by atoms with Crippen LogP contribution >= 0.6 is 27.5 Å². The lowest BCUT2D eigenvalue weighted by molar-refractivity contribution is -0.0496. The molecule has 0 bridgehead atoms. The van der Waals surface area contributed by atoms with E-state index < -0.39 is 11.9 Å². The van der Waals surface area contributed by atoms with E-state index >= 15 is 0 Å². The maximum Gasteiger partial charge on any atom is 0.387 e. The average Bonchev–Trinajstić information content (AvgIpc) is 2.37. The lowest BCUT2D eigenvalue weighted by Gasteiger charge is -2.11. The van der Waals surface area contributed by atoms with Crippen molar-refractivity contribution in [1.82, 2.24) is 4.98 Å². The Hall–Kier alpha value is -1.20. The van der Waals surface area contributed by atoms with Gasteiger partial charge < -0.3 is 4.74 Å². The summed E-state index contributed by atoms with van der Waals surface area (Å²) in [6.45, 7) is -3.00. The summed E-state index contributed by atoms with van der Waals surface area (Å²) in [5, 5.41) is -1.48. The number of pyridine rings is 1. The summed E-state index contributed by atoms with van der Waals surface area (Å²) in [7, 11) is 0. The van der Waals surface area contributed by atoms with Crippen LogP contribution in [0.3, 0.4) is 0 Å². The molecule has 0 N–H and O–H groups in total. The first-order valence-corrected chi connectivity index (χ1v) is 6.35. The molecule has 0 aliphatic rings. The maximum absolute atomic E-state index is 12.5. The highest BCUT2D eigenvalue weighted by atomic mass is 79.9. The third-order valence-electron chi connectivity index (χ3n) is 2.27. The standard InChI is InChI=1S/C13H9BrClF2NO/c14-7-10-4-5-11(19-13(16)17)12(18-10)8-2-1-3-9(15)6-8/h1-6,13H,7H2/i7D2. The Kier molecular flexibility index (Phi) is 3.85. The zero-order chi connectivity index (χ0) is 15.6. The van der Waals surface area contributed by atoms with E-state index in [1.54, 1.807) is 18.2 Å². The quantitative estimate of drug-likeness (QED) is 0.732. The van der Waals surface area contributed by atoms with Gasteiger partial charge in [-0.05, 0) is 24.3 Å². The van der Waals surface area contributed by atoms with Gasteiger partial charge in [-0.25, -0.2) is 4.98 Å². The minimum absolute atomic E-state index is 0.0408. The van der Waals surface area contributed by atoms with Crippen LogP contribution in [0.2, 0.25) is 5.02 Å². The molecule has 0 spiro atoms. The molecule has 0 saturated carbocycles. The van der Waals surface area contributed by atoms with E-state index in [1.165, 1.54) is 18.2 Å². The molecule has 100 valence electrons. The second-order valence-electron chi connectivity index (χ2n) is 3.53. The summed E-state index contributed by atoms with van der Waals surface area (Å²) in [5.74, 6) is -0.146. The van der Waals surface area contributed by atoms with Crippen molar-refractivity contribution >= 4 is 27.5 Å². The van der Waals surface area contributed by atoms with Gasteiger partial charge >= 0.3 is 6.61 Å². The van der Waals surface area contributed by atoms with Crippen molar-refractivity contribution in [3.05, 3.63) is 47.1 Å². The minimum Gasteiger partial charge on any atom is -0.432 e. The SMILES string of the molecule is [2H]C([2H])(Br)c1ccc(OC(F)F)c(-c2cccc(Cl)c2)n1. The Morgan fingerprint density at radius 3 is 2.79 bits per heavy atom. The molecule has 2 aromatic rings. The van der Waals surface area contributed by atoms with Gasteiger partial charge in [0.1, 0.15) is 5.69 Å². The molecule has 6 heteroatoms. The molecule has 0 aliphatic carbocycles. The molecule has 0 unspecified atom stereocenters. The summed E-state index contributed by atoms with van der Waals surface area (Å²) < 4.78 is 44.6. The lowest BCUT2D eigenvalue weighted by Crippen LogP contribution is -2.04. The molecular weight excluding hydrogens is 340 g/mol. The molecule has 0 radical (unpaired) electrons. The van der Waals surface area contributed by atoms with Crippen LogP contribution < -0.4 is 4.74 Å². The Morgan fingerprint density at radius 2 is 2.16 bits per heavy atom. The Labute approximate surface area is 125 Å². The number of hydrogen-bond donors (Lipinski definition) is 0. The molecule has 1 heterocycles. The average molecular weight is 351 g/mol. The van der Waals surface area contributed by atoms with Gasteiger partial charge in [-0.1, -0.05) is 39.7 Å². The maximum atomic E-state index is 12.5. The zero-order valence-corrected chi connectivity index (χ0v) is 11.8. The molecule has 2 rings (SSSR count). The fourth-order valence-electron chi connectivity index (χ4n) is 1.53. The molecule has 1 aromatic carbocycles. The zero-order valence-electron chi connectivity index (χ0n) is 11.4. The van der Waals surface area contributed by atoms with E-state index in [2.05, 4.69) is 25.7 Å². The van der Waals surface area contributed by atoms with E-state index in [4.69, 9.17) is 14.3 Å². The van der Waals surface area contributed by atoms with Gasteiger partial charge in [0, 0.05) is 18.6 Å². The van der Waals surface area contributed by atoms with Crippen LogP contribution in [0.1, 0.15) is 8.44 Å². The molecule has 0 atom stereocenters. The highest BCUT2D eigenvalue weighted by Gasteiger charge is 2.13. The molecular formula is C13H9BrClF2NO. The smallest absolute Gasteiger partial charge is 0.387 e. The third kappa shape index (κ3) is 3.64. The first-order chi connectivity index (χ1) is 9.77. The summed E-state index contributed by atoms with van der Waals surface area (Å²) >= 11 is 8.72. The Balaban J connectivity index is 2.58. The topological polar surface area (TPSA) is 22.1 Å². The van der Waals surface area contributed by atoms with Crippen molar-refractivity contribution in [1.29, 1.82) is 0 Å². The summed E-state index contributed by atoms with van der Waals surface area (Å²) in [4.78, 5) is 4.07. The number of aromatic nitrogens is 1. The number of hydrogen-bond acceptors (Lipinski definition) is 2. The van der Waals surface area contributed by atoms with E-state index in [0.717, 1.165) is 0 Å². The van der Waals surface area contributed by atoms with Crippen LogP contribution in [-0.2, 0) is 5.28 Å². The molecule has 0 fully saturated rings. The van der Waals surface area contributed by atoms with Crippen molar-refractivity contribution in [2.75, 3.05) is 0 Å². The summed E-state index contributed by atoms with van der Waals surface area (Å²) in [5.41, 5.74) is 0.592. The van der Waals surface area contributed by atoms with Crippen molar-refractivity contribution in [3.8, 4) is 17.0 Å². The number of alkyl halides is 3. The summed E-state index contributed by atoms with van der Waals surface area (Å²) in [6.07, 6.45) is 0. The first kappa shape index (κ1) is 11.6. The predicted octanol–water partition coefficient (Wildman–Crippen LogP) is 4.90. The predicted molar refractivity (Wildman–Crippen MR) is 73.9 cm³/mol. The normalized spacial score (nSPS) is 13.1. The molecule has 0 aliphatic heterocycles. The lowest BCUT2D eigenvalue weighted by atomic mass is 10.1. The van der Waals surface area contributed by atoms with E-state index in [9.17, 15) is 8.78 Å². The van der Waals surface area contributed by atoms with Crippen molar-refractivity contribution in [2.45, 2.75) is 11.9 Å². The van der Waals surface area contributed by atoms with Gasteiger partial charge in [0.05, 0.1) is 5.69 Å². The second kappa shape index (κ2) is 6.30. The van der Waals surface area contributed by atoms with Crippen LogP contribution in [0.15, 0.2) is 36.4 Å². The largest absolute Gasteiger partial charge is 0.432 e. The molecule has 0 amide bonds. The van der Waals surface area contributed by atoms with Crippen LogP contribution in [0.25, 0.3) is 11.3 Å².